The van der Waals surface area contributed by atoms with Crippen LogP contribution in [0.5, 0.6) is 0 Å². The lowest BCUT2D eigenvalue weighted by molar-refractivity contribution is 0.0355. The van der Waals surface area contributed by atoms with Crippen LogP contribution in [0.3, 0.4) is 0 Å². The standard InChI is InChI=1S/C17H15BrClF2N3O2/c1-17(2,3)24(16(26)10-7-9(18)8-22-14(10)19)23-15(25)13-11(20)5-4-6-12(13)21/h4-8H,1-3H3,(H,23,25). The molecule has 0 radical (unpaired) electrons. The highest BCUT2D eigenvalue weighted by atomic mass is 79.9. The van der Waals surface area contributed by atoms with Gasteiger partial charge in [0.1, 0.15) is 22.4 Å². The Kier molecular flexibility index (Phi) is 5.98. The minimum Gasteiger partial charge on any atom is -0.267 e. The number of carbonyl (C=O) groups excluding carboxylic acids is 2. The summed E-state index contributed by atoms with van der Waals surface area (Å²) in [6.07, 6.45) is 1.41. The number of rotatable bonds is 2. The molecule has 2 aromatic rings. The molecule has 0 aliphatic carbocycles. The number of hydrogen-bond acceptors (Lipinski definition) is 3. The molecular formula is C17H15BrClF2N3O2. The van der Waals surface area contributed by atoms with Crippen molar-refractivity contribution in [2.45, 2.75) is 26.3 Å². The summed E-state index contributed by atoms with van der Waals surface area (Å²) < 4.78 is 28.2. The molecule has 26 heavy (non-hydrogen) atoms. The third kappa shape index (κ3) is 4.37. The Morgan fingerprint density at radius 1 is 1.23 bits per heavy atom. The van der Waals surface area contributed by atoms with E-state index >= 15 is 0 Å². The zero-order valence-electron chi connectivity index (χ0n) is 14.1. The van der Waals surface area contributed by atoms with Crippen molar-refractivity contribution in [1.29, 1.82) is 0 Å². The second kappa shape index (κ2) is 7.67. The van der Waals surface area contributed by atoms with Gasteiger partial charge < -0.3 is 0 Å². The number of nitrogens with zero attached hydrogens (tertiary/aromatic N) is 2. The number of hydrazine groups is 1. The maximum Gasteiger partial charge on any atom is 0.275 e. The zero-order valence-corrected chi connectivity index (χ0v) is 16.5. The molecule has 0 spiro atoms. The van der Waals surface area contributed by atoms with Crippen LogP contribution in [0.25, 0.3) is 0 Å². The molecule has 0 fully saturated rings. The van der Waals surface area contributed by atoms with E-state index in [1.165, 1.54) is 12.3 Å². The van der Waals surface area contributed by atoms with Crippen LogP contribution in [0.4, 0.5) is 8.78 Å². The van der Waals surface area contributed by atoms with Gasteiger partial charge in [-0.15, -0.1) is 0 Å². The lowest BCUT2D eigenvalue weighted by atomic mass is 10.1. The lowest BCUT2D eigenvalue weighted by Gasteiger charge is -2.35. The molecule has 0 atom stereocenters. The van der Waals surface area contributed by atoms with E-state index in [2.05, 4.69) is 26.3 Å². The molecule has 0 aliphatic rings. The summed E-state index contributed by atoms with van der Waals surface area (Å²) in [5.41, 5.74) is 0.581. The fourth-order valence-electron chi connectivity index (χ4n) is 2.09. The summed E-state index contributed by atoms with van der Waals surface area (Å²) in [5, 5.41) is 0.884. The molecule has 0 saturated heterocycles. The first-order chi connectivity index (χ1) is 12.0. The number of amides is 2. The van der Waals surface area contributed by atoms with Crippen molar-refractivity contribution in [1.82, 2.24) is 15.4 Å². The van der Waals surface area contributed by atoms with Gasteiger partial charge in [-0.25, -0.2) is 18.8 Å². The number of carbonyl (C=O) groups is 2. The Bertz CT molecular complexity index is 851. The molecule has 5 nitrogen and oxygen atoms in total. The van der Waals surface area contributed by atoms with E-state index in [1.54, 1.807) is 20.8 Å². The molecule has 1 aromatic carbocycles. The molecule has 2 amide bonds. The van der Waals surface area contributed by atoms with Crippen LogP contribution in [0, 0.1) is 11.6 Å². The van der Waals surface area contributed by atoms with E-state index in [4.69, 9.17) is 11.6 Å². The number of hydrogen-bond donors (Lipinski definition) is 1. The highest BCUT2D eigenvalue weighted by Gasteiger charge is 2.32. The largest absolute Gasteiger partial charge is 0.275 e. The van der Waals surface area contributed by atoms with Crippen LogP contribution < -0.4 is 5.43 Å². The summed E-state index contributed by atoms with van der Waals surface area (Å²) in [5.74, 6) is -3.85. The maximum atomic E-state index is 13.8. The second-order valence-electron chi connectivity index (χ2n) is 6.34. The third-order valence-corrected chi connectivity index (χ3v) is 4.05. The van der Waals surface area contributed by atoms with Gasteiger partial charge >= 0.3 is 0 Å². The minimum atomic E-state index is -1.09. The van der Waals surface area contributed by atoms with E-state index in [0.29, 0.717) is 4.47 Å². The average molecular weight is 447 g/mol. The Balaban J connectivity index is 2.41. The van der Waals surface area contributed by atoms with Gasteiger partial charge in [-0.3, -0.25) is 15.0 Å². The molecule has 1 heterocycles. The van der Waals surface area contributed by atoms with Crippen LogP contribution in [0.2, 0.25) is 5.15 Å². The predicted octanol–water partition coefficient (Wildman–Crippen LogP) is 4.36. The SMILES string of the molecule is CC(C)(C)N(NC(=O)c1c(F)cccc1F)C(=O)c1cc(Br)cnc1Cl. The van der Waals surface area contributed by atoms with Crippen molar-refractivity contribution < 1.29 is 18.4 Å². The first-order valence-corrected chi connectivity index (χ1v) is 8.60. The molecule has 1 aromatic heterocycles. The first kappa shape index (κ1) is 20.3. The van der Waals surface area contributed by atoms with Crippen LogP contribution in [-0.2, 0) is 0 Å². The van der Waals surface area contributed by atoms with Crippen LogP contribution in [0.1, 0.15) is 41.5 Å². The van der Waals surface area contributed by atoms with E-state index in [1.807, 2.05) is 0 Å². The van der Waals surface area contributed by atoms with Crippen LogP contribution >= 0.6 is 27.5 Å². The van der Waals surface area contributed by atoms with E-state index in [9.17, 15) is 18.4 Å². The Hall–Kier alpha value is -2.06. The zero-order chi connectivity index (χ0) is 19.6. The summed E-state index contributed by atoms with van der Waals surface area (Å²) in [4.78, 5) is 29.1. The molecule has 0 aliphatic heterocycles. The Morgan fingerprint density at radius 3 is 2.35 bits per heavy atom. The van der Waals surface area contributed by atoms with Gasteiger partial charge in [0.25, 0.3) is 11.8 Å². The molecular weight excluding hydrogens is 432 g/mol. The van der Waals surface area contributed by atoms with Gasteiger partial charge in [0.05, 0.1) is 11.1 Å². The molecule has 1 N–H and O–H groups in total. The smallest absolute Gasteiger partial charge is 0.267 e. The third-order valence-electron chi connectivity index (χ3n) is 3.31. The van der Waals surface area contributed by atoms with Crippen molar-refractivity contribution in [3.8, 4) is 0 Å². The summed E-state index contributed by atoms with van der Waals surface area (Å²) in [6, 6.07) is 4.49. The highest BCUT2D eigenvalue weighted by Crippen LogP contribution is 2.23. The van der Waals surface area contributed by atoms with E-state index in [0.717, 1.165) is 23.2 Å². The highest BCUT2D eigenvalue weighted by molar-refractivity contribution is 9.10. The predicted molar refractivity (Wildman–Crippen MR) is 96.7 cm³/mol. The molecule has 138 valence electrons. The number of aromatic nitrogens is 1. The monoisotopic (exact) mass is 445 g/mol. The lowest BCUT2D eigenvalue weighted by Crippen LogP contribution is -2.56. The topological polar surface area (TPSA) is 62.3 Å². The molecule has 9 heteroatoms. The van der Waals surface area contributed by atoms with Crippen molar-refractivity contribution in [2.24, 2.45) is 0 Å². The van der Waals surface area contributed by atoms with Gasteiger partial charge in [0, 0.05) is 10.7 Å². The summed E-state index contributed by atoms with van der Waals surface area (Å²) in [6.45, 7) is 4.92. The first-order valence-electron chi connectivity index (χ1n) is 7.43. The Morgan fingerprint density at radius 2 is 1.81 bits per heavy atom. The molecule has 0 saturated carbocycles. The van der Waals surface area contributed by atoms with Gasteiger partial charge in [0.2, 0.25) is 0 Å². The van der Waals surface area contributed by atoms with Crippen LogP contribution in [-0.4, -0.2) is 27.3 Å². The summed E-state index contributed by atoms with van der Waals surface area (Å²) >= 11 is 9.17. The number of halogens is 4. The summed E-state index contributed by atoms with van der Waals surface area (Å²) in [7, 11) is 0. The number of nitrogens with one attached hydrogen (secondary N) is 1. The molecule has 0 bridgehead atoms. The Labute approximate surface area is 162 Å². The van der Waals surface area contributed by atoms with Gasteiger partial charge in [-0.2, -0.15) is 0 Å². The fourth-order valence-corrected chi connectivity index (χ4v) is 2.60. The average Bonchev–Trinajstić information content (AvgIpc) is 2.53. The van der Waals surface area contributed by atoms with E-state index < -0.39 is 34.6 Å². The van der Waals surface area contributed by atoms with Gasteiger partial charge in [-0.1, -0.05) is 17.7 Å². The maximum absolute atomic E-state index is 13.8. The van der Waals surface area contributed by atoms with Crippen molar-refractivity contribution in [3.05, 3.63) is 62.8 Å². The normalized spacial score (nSPS) is 11.2. The van der Waals surface area contributed by atoms with Crippen molar-refractivity contribution >= 4 is 39.3 Å². The fraction of sp³-hybridized carbons (Fsp3) is 0.235. The number of benzene rings is 1. The van der Waals surface area contributed by atoms with Crippen LogP contribution in [0.15, 0.2) is 34.9 Å². The minimum absolute atomic E-state index is 0.0188. The van der Waals surface area contributed by atoms with Gasteiger partial charge in [-0.05, 0) is 54.9 Å². The number of pyridine rings is 1. The quantitative estimate of drug-likeness (QED) is 0.551. The van der Waals surface area contributed by atoms with Gasteiger partial charge in [0.15, 0.2) is 0 Å². The molecule has 2 rings (SSSR count). The van der Waals surface area contributed by atoms with E-state index in [-0.39, 0.29) is 10.7 Å². The molecule has 0 unspecified atom stereocenters. The van der Waals surface area contributed by atoms with Crippen molar-refractivity contribution in [3.63, 3.8) is 0 Å². The second-order valence-corrected chi connectivity index (χ2v) is 7.61. The van der Waals surface area contributed by atoms with Crippen molar-refractivity contribution in [2.75, 3.05) is 0 Å².